The van der Waals surface area contributed by atoms with Gasteiger partial charge in [0.2, 0.25) is 5.91 Å². The van der Waals surface area contributed by atoms with E-state index in [2.05, 4.69) is 22.2 Å². The molecule has 2 atom stereocenters. The van der Waals surface area contributed by atoms with Crippen molar-refractivity contribution < 1.29 is 4.79 Å². The van der Waals surface area contributed by atoms with Gasteiger partial charge in [0, 0.05) is 17.8 Å². The van der Waals surface area contributed by atoms with Crippen LogP contribution in [-0.4, -0.2) is 15.9 Å². The molecule has 4 heteroatoms. The lowest BCUT2D eigenvalue weighted by atomic mass is 10.0. The third-order valence-corrected chi connectivity index (χ3v) is 3.92. The summed E-state index contributed by atoms with van der Waals surface area (Å²) in [5.74, 6) is 1.49. The van der Waals surface area contributed by atoms with Crippen molar-refractivity contribution >= 4 is 5.91 Å². The Labute approximate surface area is 121 Å². The number of carbonyl (C=O) groups is 1. The van der Waals surface area contributed by atoms with Crippen LogP contribution in [0.2, 0.25) is 0 Å². The first-order valence-electron chi connectivity index (χ1n) is 7.71. The second-order valence-corrected chi connectivity index (χ2v) is 5.92. The molecule has 1 heterocycles. The standard InChI is InChI=1S/C16H25N3O/c1-4-5-6-11(2)16(20)19-14(13-7-8-13)15-17-10-9-12(3)18-15/h9-11,13-14H,4-8H2,1-3H3,(H,19,20)/t11-,14-/m1/s1. The second kappa shape index (κ2) is 6.82. The molecule has 4 nitrogen and oxygen atoms in total. The minimum absolute atomic E-state index is 0.00789. The van der Waals surface area contributed by atoms with Crippen LogP contribution < -0.4 is 5.32 Å². The van der Waals surface area contributed by atoms with Gasteiger partial charge in [-0.15, -0.1) is 0 Å². The monoisotopic (exact) mass is 275 g/mol. The lowest BCUT2D eigenvalue weighted by Crippen LogP contribution is -2.35. The summed E-state index contributed by atoms with van der Waals surface area (Å²) in [4.78, 5) is 21.1. The van der Waals surface area contributed by atoms with Crippen molar-refractivity contribution in [3.8, 4) is 0 Å². The number of aryl methyl sites for hydroxylation is 1. The van der Waals surface area contributed by atoms with Crippen LogP contribution in [0.1, 0.15) is 63.5 Å². The Morgan fingerprint density at radius 3 is 2.85 bits per heavy atom. The third-order valence-electron chi connectivity index (χ3n) is 3.92. The van der Waals surface area contributed by atoms with E-state index in [1.54, 1.807) is 6.20 Å². The van der Waals surface area contributed by atoms with Crippen molar-refractivity contribution in [2.75, 3.05) is 0 Å². The molecule has 1 aromatic heterocycles. The number of aromatic nitrogens is 2. The van der Waals surface area contributed by atoms with Gasteiger partial charge in [0.25, 0.3) is 0 Å². The number of nitrogens with zero attached hydrogens (tertiary/aromatic N) is 2. The second-order valence-electron chi connectivity index (χ2n) is 5.92. The van der Waals surface area contributed by atoms with Crippen LogP contribution in [0.4, 0.5) is 0 Å². The summed E-state index contributed by atoms with van der Waals surface area (Å²) in [6.07, 6.45) is 7.28. The fourth-order valence-corrected chi connectivity index (χ4v) is 2.38. The van der Waals surface area contributed by atoms with E-state index in [0.717, 1.165) is 43.6 Å². The molecule has 0 spiro atoms. The highest BCUT2D eigenvalue weighted by atomic mass is 16.1. The Bertz CT molecular complexity index is 457. The van der Waals surface area contributed by atoms with Crippen molar-refractivity contribution in [2.45, 2.75) is 58.9 Å². The number of rotatable bonds is 7. The molecule has 1 fully saturated rings. The van der Waals surface area contributed by atoms with Crippen molar-refractivity contribution in [1.82, 2.24) is 15.3 Å². The maximum atomic E-state index is 12.3. The van der Waals surface area contributed by atoms with Gasteiger partial charge in [-0.3, -0.25) is 4.79 Å². The van der Waals surface area contributed by atoms with Crippen molar-refractivity contribution in [3.05, 3.63) is 23.8 Å². The van der Waals surface area contributed by atoms with Gasteiger partial charge < -0.3 is 5.32 Å². The molecular formula is C16H25N3O. The Hall–Kier alpha value is -1.45. The van der Waals surface area contributed by atoms with Crippen LogP contribution in [0.25, 0.3) is 0 Å². The van der Waals surface area contributed by atoms with E-state index < -0.39 is 0 Å². The van der Waals surface area contributed by atoms with Crippen LogP contribution in [0.5, 0.6) is 0 Å². The fraction of sp³-hybridized carbons (Fsp3) is 0.688. The molecular weight excluding hydrogens is 250 g/mol. The van der Waals surface area contributed by atoms with Gasteiger partial charge in [-0.05, 0) is 38.2 Å². The van der Waals surface area contributed by atoms with Gasteiger partial charge >= 0.3 is 0 Å². The summed E-state index contributed by atoms with van der Waals surface area (Å²) < 4.78 is 0. The molecule has 0 bridgehead atoms. The average molecular weight is 275 g/mol. The fourth-order valence-electron chi connectivity index (χ4n) is 2.38. The summed E-state index contributed by atoms with van der Waals surface area (Å²) in [5.41, 5.74) is 0.953. The molecule has 1 N–H and O–H groups in total. The molecule has 1 aromatic rings. The van der Waals surface area contributed by atoms with E-state index in [1.807, 2.05) is 19.9 Å². The molecule has 0 aliphatic heterocycles. The zero-order chi connectivity index (χ0) is 14.5. The van der Waals surface area contributed by atoms with E-state index in [1.165, 1.54) is 0 Å². The highest BCUT2D eigenvalue weighted by Gasteiger charge is 2.35. The smallest absolute Gasteiger partial charge is 0.223 e. The van der Waals surface area contributed by atoms with Gasteiger partial charge in [0.15, 0.2) is 5.82 Å². The lowest BCUT2D eigenvalue weighted by molar-refractivity contribution is -0.125. The van der Waals surface area contributed by atoms with Crippen LogP contribution in [0.15, 0.2) is 12.3 Å². The van der Waals surface area contributed by atoms with Gasteiger partial charge in [0.1, 0.15) is 0 Å². The molecule has 1 aliphatic rings. The van der Waals surface area contributed by atoms with E-state index in [4.69, 9.17) is 0 Å². The molecule has 2 rings (SSSR count). The molecule has 1 saturated carbocycles. The predicted octanol–water partition coefficient (Wildman–Crippen LogP) is 3.18. The Kier molecular flexibility index (Phi) is 5.10. The van der Waals surface area contributed by atoms with E-state index in [9.17, 15) is 4.79 Å². The molecule has 20 heavy (non-hydrogen) atoms. The minimum Gasteiger partial charge on any atom is -0.346 e. The molecule has 0 saturated heterocycles. The molecule has 110 valence electrons. The van der Waals surface area contributed by atoms with Crippen LogP contribution >= 0.6 is 0 Å². The number of carbonyl (C=O) groups excluding carboxylic acids is 1. The zero-order valence-corrected chi connectivity index (χ0v) is 12.7. The summed E-state index contributed by atoms with van der Waals surface area (Å²) in [6, 6.07) is 1.88. The average Bonchev–Trinajstić information content (AvgIpc) is 3.26. The number of nitrogens with one attached hydrogen (secondary N) is 1. The first-order valence-corrected chi connectivity index (χ1v) is 7.71. The van der Waals surface area contributed by atoms with Crippen molar-refractivity contribution in [1.29, 1.82) is 0 Å². The lowest BCUT2D eigenvalue weighted by Gasteiger charge is -2.20. The summed E-state index contributed by atoms with van der Waals surface area (Å²) in [5, 5.41) is 3.17. The summed E-state index contributed by atoms with van der Waals surface area (Å²) >= 11 is 0. The van der Waals surface area contributed by atoms with Crippen molar-refractivity contribution in [3.63, 3.8) is 0 Å². The number of amides is 1. The molecule has 1 aliphatic carbocycles. The van der Waals surface area contributed by atoms with Gasteiger partial charge in [0.05, 0.1) is 6.04 Å². The topological polar surface area (TPSA) is 54.9 Å². The summed E-state index contributed by atoms with van der Waals surface area (Å²) in [7, 11) is 0. The van der Waals surface area contributed by atoms with E-state index in [0.29, 0.717) is 5.92 Å². The molecule has 1 amide bonds. The normalized spacial score (nSPS) is 17.6. The highest BCUT2D eigenvalue weighted by molar-refractivity contribution is 5.78. The highest BCUT2D eigenvalue weighted by Crippen LogP contribution is 2.40. The Morgan fingerprint density at radius 1 is 1.50 bits per heavy atom. The Balaban J connectivity index is 2.01. The minimum atomic E-state index is -0.00789. The van der Waals surface area contributed by atoms with E-state index >= 15 is 0 Å². The molecule has 0 aromatic carbocycles. The third kappa shape index (κ3) is 4.02. The largest absolute Gasteiger partial charge is 0.346 e. The SMILES string of the molecule is CCCC[C@@H](C)C(=O)N[C@@H](c1nccc(C)n1)C1CC1. The van der Waals surface area contributed by atoms with Crippen LogP contribution in [0, 0.1) is 18.8 Å². The maximum absolute atomic E-state index is 12.3. The van der Waals surface area contributed by atoms with Gasteiger partial charge in [-0.2, -0.15) is 0 Å². The van der Waals surface area contributed by atoms with Crippen LogP contribution in [-0.2, 0) is 4.79 Å². The Morgan fingerprint density at radius 2 is 2.25 bits per heavy atom. The molecule has 0 radical (unpaired) electrons. The van der Waals surface area contributed by atoms with Crippen molar-refractivity contribution in [2.24, 2.45) is 11.8 Å². The number of hydrogen-bond donors (Lipinski definition) is 1. The first-order chi connectivity index (χ1) is 9.61. The summed E-state index contributed by atoms with van der Waals surface area (Å²) in [6.45, 7) is 6.12. The van der Waals surface area contributed by atoms with Crippen LogP contribution in [0.3, 0.4) is 0 Å². The predicted molar refractivity (Wildman–Crippen MR) is 79.1 cm³/mol. The maximum Gasteiger partial charge on any atom is 0.223 e. The number of hydrogen-bond acceptors (Lipinski definition) is 3. The zero-order valence-electron chi connectivity index (χ0n) is 12.7. The van der Waals surface area contributed by atoms with Gasteiger partial charge in [-0.25, -0.2) is 9.97 Å². The molecule has 0 unspecified atom stereocenters. The van der Waals surface area contributed by atoms with E-state index in [-0.39, 0.29) is 17.9 Å². The first kappa shape index (κ1) is 14.9. The quantitative estimate of drug-likeness (QED) is 0.831. The number of unbranched alkanes of at least 4 members (excludes halogenated alkanes) is 1. The van der Waals surface area contributed by atoms with Gasteiger partial charge in [-0.1, -0.05) is 26.7 Å².